The molecule has 0 amide bonds. The van der Waals surface area contributed by atoms with Crippen molar-refractivity contribution in [3.63, 3.8) is 0 Å². The molecule has 2 nitrogen and oxygen atoms in total. The van der Waals surface area contributed by atoms with Gasteiger partial charge in [0.05, 0.1) is 6.61 Å². The Bertz CT molecular complexity index is 374. The van der Waals surface area contributed by atoms with Crippen LogP contribution < -0.4 is 0 Å². The van der Waals surface area contributed by atoms with E-state index >= 15 is 0 Å². The number of rotatable bonds is 5. The lowest BCUT2D eigenvalue weighted by Crippen LogP contribution is -2.25. The Morgan fingerprint density at radius 2 is 1.76 bits per heavy atom. The maximum Gasteiger partial charge on any atom is 0.265 e. The SMILES string of the molecule is CCO/C(=C\c1ccc(C)cc1)O[Si](C)(C)C. The third kappa shape index (κ3) is 5.59. The Labute approximate surface area is 105 Å². The summed E-state index contributed by atoms with van der Waals surface area (Å²) in [5.74, 6) is 0.635. The molecule has 94 valence electrons. The van der Waals surface area contributed by atoms with Gasteiger partial charge in [-0.1, -0.05) is 29.8 Å². The highest BCUT2D eigenvalue weighted by Gasteiger charge is 2.18. The van der Waals surface area contributed by atoms with Gasteiger partial charge in [-0.3, -0.25) is 0 Å². The van der Waals surface area contributed by atoms with Gasteiger partial charge in [-0.05, 0) is 39.1 Å². The van der Waals surface area contributed by atoms with E-state index in [1.54, 1.807) is 0 Å². The first-order valence-electron chi connectivity index (χ1n) is 6.01. The molecule has 0 aliphatic rings. The molecule has 0 bridgehead atoms. The summed E-state index contributed by atoms with van der Waals surface area (Å²) in [6.45, 7) is 11.1. The highest BCUT2D eigenvalue weighted by molar-refractivity contribution is 6.70. The quantitative estimate of drug-likeness (QED) is 0.576. The first-order valence-corrected chi connectivity index (χ1v) is 9.42. The fraction of sp³-hybridized carbons (Fsp3) is 0.429. The van der Waals surface area contributed by atoms with Crippen LogP contribution in [0.15, 0.2) is 30.2 Å². The fourth-order valence-corrected chi connectivity index (χ4v) is 2.06. The lowest BCUT2D eigenvalue weighted by Gasteiger charge is -2.21. The molecule has 0 aliphatic carbocycles. The lowest BCUT2D eigenvalue weighted by molar-refractivity contribution is 0.117. The molecular formula is C14H22O2Si. The third-order valence-electron chi connectivity index (χ3n) is 2.06. The molecule has 0 fully saturated rings. The number of hydrogen-bond donors (Lipinski definition) is 0. The van der Waals surface area contributed by atoms with Crippen LogP contribution in [0.5, 0.6) is 0 Å². The average molecular weight is 250 g/mol. The van der Waals surface area contributed by atoms with Crippen LogP contribution in [0.4, 0.5) is 0 Å². The molecule has 0 spiro atoms. The first kappa shape index (κ1) is 13.8. The topological polar surface area (TPSA) is 18.5 Å². The first-order chi connectivity index (χ1) is 7.90. The van der Waals surface area contributed by atoms with Gasteiger partial charge in [-0.15, -0.1) is 0 Å². The van der Waals surface area contributed by atoms with Gasteiger partial charge in [0.2, 0.25) is 8.32 Å². The Hall–Kier alpha value is -1.22. The van der Waals surface area contributed by atoms with Crippen LogP contribution in [0.3, 0.4) is 0 Å². The van der Waals surface area contributed by atoms with Crippen LogP contribution in [0.25, 0.3) is 6.08 Å². The van der Waals surface area contributed by atoms with Crippen LogP contribution in [-0.4, -0.2) is 14.9 Å². The summed E-state index contributed by atoms with van der Waals surface area (Å²) in [4.78, 5) is 0. The number of ether oxygens (including phenoxy) is 1. The van der Waals surface area contributed by atoms with Gasteiger partial charge in [0.1, 0.15) is 0 Å². The lowest BCUT2D eigenvalue weighted by atomic mass is 10.1. The summed E-state index contributed by atoms with van der Waals surface area (Å²) < 4.78 is 11.4. The van der Waals surface area contributed by atoms with E-state index in [1.807, 2.05) is 13.0 Å². The standard InChI is InChI=1S/C14H22O2Si/c1-6-15-14(16-17(3,4)5)11-13-9-7-12(2)8-10-13/h7-11H,6H2,1-5H3/b14-11+. The molecule has 0 saturated carbocycles. The molecule has 1 aromatic rings. The molecule has 17 heavy (non-hydrogen) atoms. The van der Waals surface area contributed by atoms with E-state index in [2.05, 4.69) is 50.8 Å². The van der Waals surface area contributed by atoms with Gasteiger partial charge < -0.3 is 9.16 Å². The van der Waals surface area contributed by atoms with Crippen molar-refractivity contribution < 1.29 is 9.16 Å². The van der Waals surface area contributed by atoms with Crippen LogP contribution in [0.1, 0.15) is 18.1 Å². The molecule has 0 N–H and O–H groups in total. The maximum absolute atomic E-state index is 5.89. The highest BCUT2D eigenvalue weighted by atomic mass is 28.4. The highest BCUT2D eigenvalue weighted by Crippen LogP contribution is 2.15. The molecule has 0 aliphatic heterocycles. The molecule has 0 unspecified atom stereocenters. The Kier molecular flexibility index (Phi) is 4.81. The largest absolute Gasteiger partial charge is 0.520 e. The molecule has 0 atom stereocenters. The molecule has 1 rings (SSSR count). The smallest absolute Gasteiger partial charge is 0.265 e. The zero-order valence-corrected chi connectivity index (χ0v) is 12.4. The average Bonchev–Trinajstić information content (AvgIpc) is 2.19. The molecule has 3 heteroatoms. The minimum atomic E-state index is -1.62. The number of benzene rings is 1. The van der Waals surface area contributed by atoms with Gasteiger partial charge >= 0.3 is 0 Å². The van der Waals surface area contributed by atoms with Gasteiger partial charge in [-0.2, -0.15) is 0 Å². The minimum absolute atomic E-state index is 0.627. The molecule has 0 aromatic heterocycles. The Morgan fingerprint density at radius 1 is 1.18 bits per heavy atom. The summed E-state index contributed by atoms with van der Waals surface area (Å²) >= 11 is 0. The summed E-state index contributed by atoms with van der Waals surface area (Å²) in [6, 6.07) is 8.32. The second-order valence-electron chi connectivity index (χ2n) is 5.02. The number of aryl methyl sites for hydroxylation is 1. The van der Waals surface area contributed by atoms with Crippen LogP contribution in [0, 0.1) is 6.92 Å². The predicted molar refractivity (Wildman–Crippen MR) is 75.2 cm³/mol. The zero-order valence-electron chi connectivity index (χ0n) is 11.4. The van der Waals surface area contributed by atoms with Crippen LogP contribution in [0.2, 0.25) is 19.6 Å². The van der Waals surface area contributed by atoms with Crippen LogP contribution in [-0.2, 0) is 9.16 Å². The van der Waals surface area contributed by atoms with Crippen molar-refractivity contribution in [3.8, 4) is 0 Å². The van der Waals surface area contributed by atoms with E-state index in [0.29, 0.717) is 12.6 Å². The predicted octanol–water partition coefficient (Wildman–Crippen LogP) is 4.18. The molecule has 0 saturated heterocycles. The van der Waals surface area contributed by atoms with Crippen molar-refractivity contribution in [2.75, 3.05) is 6.61 Å². The van der Waals surface area contributed by atoms with Gasteiger partial charge in [-0.25, -0.2) is 0 Å². The van der Waals surface area contributed by atoms with Crippen molar-refractivity contribution in [2.45, 2.75) is 33.5 Å². The molecule has 0 heterocycles. The third-order valence-corrected chi connectivity index (χ3v) is 2.87. The summed E-state index contributed by atoms with van der Waals surface area (Å²) in [6.07, 6.45) is 1.96. The van der Waals surface area contributed by atoms with Crippen molar-refractivity contribution in [1.82, 2.24) is 0 Å². The second-order valence-corrected chi connectivity index (χ2v) is 9.45. The van der Waals surface area contributed by atoms with E-state index in [9.17, 15) is 0 Å². The van der Waals surface area contributed by atoms with E-state index in [1.165, 1.54) is 5.56 Å². The van der Waals surface area contributed by atoms with Crippen molar-refractivity contribution in [3.05, 3.63) is 41.3 Å². The van der Waals surface area contributed by atoms with E-state index < -0.39 is 8.32 Å². The minimum Gasteiger partial charge on any atom is -0.520 e. The Morgan fingerprint density at radius 3 is 2.24 bits per heavy atom. The van der Waals surface area contributed by atoms with E-state index in [4.69, 9.17) is 9.16 Å². The summed E-state index contributed by atoms with van der Waals surface area (Å²) in [7, 11) is -1.62. The number of hydrogen-bond acceptors (Lipinski definition) is 2. The van der Waals surface area contributed by atoms with Crippen LogP contribution >= 0.6 is 0 Å². The monoisotopic (exact) mass is 250 g/mol. The van der Waals surface area contributed by atoms with Gasteiger partial charge in [0.15, 0.2) is 0 Å². The summed E-state index contributed by atoms with van der Waals surface area (Å²) in [5.41, 5.74) is 2.36. The van der Waals surface area contributed by atoms with Crippen molar-refractivity contribution in [2.24, 2.45) is 0 Å². The normalized spacial score (nSPS) is 12.4. The van der Waals surface area contributed by atoms with E-state index in [0.717, 1.165) is 5.56 Å². The van der Waals surface area contributed by atoms with E-state index in [-0.39, 0.29) is 0 Å². The summed E-state index contributed by atoms with van der Waals surface area (Å²) in [5, 5.41) is 0. The zero-order chi connectivity index (χ0) is 12.9. The Balaban J connectivity index is 2.85. The fourth-order valence-electron chi connectivity index (χ4n) is 1.34. The van der Waals surface area contributed by atoms with Gasteiger partial charge in [0.25, 0.3) is 5.95 Å². The van der Waals surface area contributed by atoms with Crippen molar-refractivity contribution >= 4 is 14.4 Å². The molecule has 1 aromatic carbocycles. The second kappa shape index (κ2) is 5.91. The maximum atomic E-state index is 5.89. The molecule has 0 radical (unpaired) electrons. The van der Waals surface area contributed by atoms with Gasteiger partial charge in [0, 0.05) is 6.08 Å². The molecular weight excluding hydrogens is 228 g/mol. The van der Waals surface area contributed by atoms with Crippen molar-refractivity contribution in [1.29, 1.82) is 0 Å².